The van der Waals surface area contributed by atoms with Crippen LogP contribution >= 0.6 is 0 Å². The Bertz CT molecular complexity index is 394. The van der Waals surface area contributed by atoms with Crippen LogP contribution in [-0.4, -0.2) is 24.2 Å². The third kappa shape index (κ3) is 6.20. The van der Waals surface area contributed by atoms with E-state index in [0.29, 0.717) is 25.3 Å². The Balaban J connectivity index is 2.35. The fourth-order valence-corrected chi connectivity index (χ4v) is 1.92. The van der Waals surface area contributed by atoms with E-state index in [9.17, 15) is 9.18 Å². The van der Waals surface area contributed by atoms with Gasteiger partial charge in [-0.3, -0.25) is 4.79 Å². The van der Waals surface area contributed by atoms with Crippen molar-refractivity contribution in [2.45, 2.75) is 19.8 Å². The standard InChI is InChI=1S/C14H20FNO3/c1-10(6-11(8-16)7-14(17)18)9-19-13-4-2-12(15)3-5-13/h2-5,10-11H,6-9,16H2,1H3,(H,17,18)/t10-,11-/m0/s1. The van der Waals surface area contributed by atoms with Gasteiger partial charge in [-0.15, -0.1) is 0 Å². The summed E-state index contributed by atoms with van der Waals surface area (Å²) in [6.45, 7) is 2.79. The number of aliphatic carboxylic acids is 1. The van der Waals surface area contributed by atoms with Crippen LogP contribution in [0.4, 0.5) is 4.39 Å². The number of halogens is 1. The first-order chi connectivity index (χ1) is 9.01. The number of benzene rings is 1. The van der Waals surface area contributed by atoms with Gasteiger partial charge in [0.1, 0.15) is 11.6 Å². The number of carboxylic acids is 1. The molecule has 1 rings (SSSR count). The molecule has 0 aliphatic heterocycles. The van der Waals surface area contributed by atoms with Gasteiger partial charge in [0.15, 0.2) is 0 Å². The molecule has 0 unspecified atom stereocenters. The second kappa shape index (κ2) is 7.74. The average molecular weight is 269 g/mol. The summed E-state index contributed by atoms with van der Waals surface area (Å²) in [5.74, 6) is -0.370. The Labute approximate surface area is 112 Å². The molecule has 1 aromatic rings. The fraction of sp³-hybridized carbons (Fsp3) is 0.500. The van der Waals surface area contributed by atoms with Gasteiger partial charge in [0.2, 0.25) is 0 Å². The molecule has 0 heterocycles. The predicted octanol–water partition coefficient (Wildman–Crippen LogP) is 2.28. The lowest BCUT2D eigenvalue weighted by molar-refractivity contribution is -0.138. The molecule has 0 aliphatic carbocycles. The van der Waals surface area contributed by atoms with Crippen molar-refractivity contribution in [1.82, 2.24) is 0 Å². The van der Waals surface area contributed by atoms with Crippen molar-refractivity contribution in [2.75, 3.05) is 13.2 Å². The summed E-state index contributed by atoms with van der Waals surface area (Å²) in [6.07, 6.45) is 0.779. The summed E-state index contributed by atoms with van der Waals surface area (Å²) in [6, 6.07) is 5.82. The van der Waals surface area contributed by atoms with Crippen molar-refractivity contribution in [3.05, 3.63) is 30.1 Å². The van der Waals surface area contributed by atoms with Crippen LogP contribution in [0, 0.1) is 17.7 Å². The van der Waals surface area contributed by atoms with Crippen molar-refractivity contribution in [2.24, 2.45) is 17.6 Å². The highest BCUT2D eigenvalue weighted by Gasteiger charge is 2.15. The summed E-state index contributed by atoms with van der Waals surface area (Å²) >= 11 is 0. The number of hydrogen-bond donors (Lipinski definition) is 2. The van der Waals surface area contributed by atoms with E-state index in [4.69, 9.17) is 15.6 Å². The van der Waals surface area contributed by atoms with Gasteiger partial charge in [-0.05, 0) is 49.1 Å². The molecule has 5 heteroatoms. The van der Waals surface area contributed by atoms with Crippen LogP contribution in [0.5, 0.6) is 5.75 Å². The lowest BCUT2D eigenvalue weighted by atomic mass is 9.94. The molecule has 4 nitrogen and oxygen atoms in total. The summed E-state index contributed by atoms with van der Waals surface area (Å²) in [4.78, 5) is 10.6. The maximum Gasteiger partial charge on any atom is 0.303 e. The molecule has 0 amide bonds. The predicted molar refractivity (Wildman–Crippen MR) is 70.5 cm³/mol. The molecule has 0 spiro atoms. The average Bonchev–Trinajstić information content (AvgIpc) is 2.36. The van der Waals surface area contributed by atoms with Crippen LogP contribution in [0.1, 0.15) is 19.8 Å². The number of nitrogens with two attached hydrogens (primary N) is 1. The van der Waals surface area contributed by atoms with E-state index >= 15 is 0 Å². The zero-order valence-corrected chi connectivity index (χ0v) is 11.0. The molecule has 1 aromatic carbocycles. The van der Waals surface area contributed by atoms with Gasteiger partial charge in [-0.2, -0.15) is 0 Å². The van der Waals surface area contributed by atoms with E-state index in [-0.39, 0.29) is 24.1 Å². The minimum absolute atomic E-state index is 0.0377. The van der Waals surface area contributed by atoms with Crippen LogP contribution in [0.15, 0.2) is 24.3 Å². The van der Waals surface area contributed by atoms with Crippen molar-refractivity contribution >= 4 is 5.97 Å². The van der Waals surface area contributed by atoms with E-state index in [1.807, 2.05) is 6.92 Å². The number of ether oxygens (including phenoxy) is 1. The highest BCUT2D eigenvalue weighted by atomic mass is 19.1. The number of carboxylic acid groups (broad SMARTS) is 1. The van der Waals surface area contributed by atoms with Crippen LogP contribution < -0.4 is 10.5 Å². The minimum atomic E-state index is -0.831. The molecule has 0 aromatic heterocycles. The molecule has 0 aliphatic rings. The van der Waals surface area contributed by atoms with E-state index < -0.39 is 5.97 Å². The molecule has 0 bridgehead atoms. The summed E-state index contributed by atoms with van der Waals surface area (Å²) in [5, 5.41) is 8.74. The van der Waals surface area contributed by atoms with Crippen LogP contribution in [0.3, 0.4) is 0 Å². The SMILES string of the molecule is C[C@H](COc1ccc(F)cc1)C[C@H](CN)CC(=O)O. The van der Waals surface area contributed by atoms with Gasteiger partial charge in [-0.25, -0.2) is 4.39 Å². The Morgan fingerprint density at radius 2 is 2.05 bits per heavy atom. The van der Waals surface area contributed by atoms with Crippen LogP contribution in [0.2, 0.25) is 0 Å². The van der Waals surface area contributed by atoms with Gasteiger partial charge in [0, 0.05) is 6.42 Å². The zero-order valence-electron chi connectivity index (χ0n) is 11.0. The largest absolute Gasteiger partial charge is 0.493 e. The van der Waals surface area contributed by atoms with Crippen LogP contribution in [-0.2, 0) is 4.79 Å². The van der Waals surface area contributed by atoms with Gasteiger partial charge >= 0.3 is 5.97 Å². The fourth-order valence-electron chi connectivity index (χ4n) is 1.92. The molecule has 0 saturated heterocycles. The molecule has 19 heavy (non-hydrogen) atoms. The first-order valence-corrected chi connectivity index (χ1v) is 6.31. The normalized spacial score (nSPS) is 13.8. The topological polar surface area (TPSA) is 72.5 Å². The molecule has 3 N–H and O–H groups in total. The van der Waals surface area contributed by atoms with Gasteiger partial charge in [0.05, 0.1) is 6.61 Å². The van der Waals surface area contributed by atoms with Gasteiger partial charge in [-0.1, -0.05) is 6.92 Å². The first kappa shape index (κ1) is 15.4. The Hall–Kier alpha value is -1.62. The Kier molecular flexibility index (Phi) is 6.29. The third-order valence-corrected chi connectivity index (χ3v) is 2.88. The molecule has 0 radical (unpaired) electrons. The Morgan fingerprint density at radius 1 is 1.42 bits per heavy atom. The molecule has 0 fully saturated rings. The van der Waals surface area contributed by atoms with Crippen molar-refractivity contribution < 1.29 is 19.0 Å². The second-order valence-corrected chi connectivity index (χ2v) is 4.81. The molecule has 0 saturated carbocycles. The maximum atomic E-state index is 12.7. The van der Waals surface area contributed by atoms with Crippen molar-refractivity contribution in [3.8, 4) is 5.75 Å². The monoisotopic (exact) mass is 269 g/mol. The van der Waals surface area contributed by atoms with Crippen LogP contribution in [0.25, 0.3) is 0 Å². The minimum Gasteiger partial charge on any atom is -0.493 e. The van der Waals surface area contributed by atoms with Crippen molar-refractivity contribution in [1.29, 1.82) is 0 Å². The number of rotatable bonds is 8. The summed E-state index contributed by atoms with van der Waals surface area (Å²) in [5.41, 5.74) is 5.55. The number of carbonyl (C=O) groups is 1. The summed E-state index contributed by atoms with van der Waals surface area (Å²) in [7, 11) is 0. The zero-order chi connectivity index (χ0) is 14.3. The lowest BCUT2D eigenvalue weighted by Gasteiger charge is -2.18. The quantitative estimate of drug-likeness (QED) is 0.759. The second-order valence-electron chi connectivity index (χ2n) is 4.81. The van der Waals surface area contributed by atoms with E-state index in [1.54, 1.807) is 12.1 Å². The number of hydrogen-bond acceptors (Lipinski definition) is 3. The third-order valence-electron chi connectivity index (χ3n) is 2.88. The highest BCUT2D eigenvalue weighted by molar-refractivity contribution is 5.67. The van der Waals surface area contributed by atoms with Crippen molar-refractivity contribution in [3.63, 3.8) is 0 Å². The molecular weight excluding hydrogens is 249 g/mol. The van der Waals surface area contributed by atoms with E-state index in [2.05, 4.69) is 0 Å². The molecule has 2 atom stereocenters. The summed E-state index contributed by atoms with van der Waals surface area (Å²) < 4.78 is 18.2. The smallest absolute Gasteiger partial charge is 0.303 e. The Morgan fingerprint density at radius 3 is 2.58 bits per heavy atom. The van der Waals surface area contributed by atoms with E-state index in [1.165, 1.54) is 12.1 Å². The lowest BCUT2D eigenvalue weighted by Crippen LogP contribution is -2.22. The highest BCUT2D eigenvalue weighted by Crippen LogP contribution is 2.17. The van der Waals surface area contributed by atoms with Gasteiger partial charge in [0.25, 0.3) is 0 Å². The first-order valence-electron chi connectivity index (χ1n) is 6.31. The molecule has 106 valence electrons. The van der Waals surface area contributed by atoms with E-state index in [0.717, 1.165) is 0 Å². The molecular formula is C14H20FNO3. The van der Waals surface area contributed by atoms with Gasteiger partial charge < -0.3 is 15.6 Å². The maximum absolute atomic E-state index is 12.7.